The fourth-order valence-corrected chi connectivity index (χ4v) is 2.78. The summed E-state index contributed by atoms with van der Waals surface area (Å²) < 4.78 is 9.00. The number of carbonyl (C=O) groups excluding carboxylic acids is 1. The van der Waals surface area contributed by atoms with E-state index in [-0.39, 0.29) is 12.6 Å². The summed E-state index contributed by atoms with van der Waals surface area (Å²) in [6.45, 7) is 7.72. The Morgan fingerprint density at radius 3 is 2.59 bits per heavy atom. The molecule has 0 N–H and O–H groups in total. The van der Waals surface area contributed by atoms with Gasteiger partial charge in [0.05, 0.1) is 23.0 Å². The van der Waals surface area contributed by atoms with Gasteiger partial charge in [0.15, 0.2) is 0 Å². The predicted molar refractivity (Wildman–Crippen MR) is 109 cm³/mol. The molecule has 0 saturated carbocycles. The summed E-state index contributed by atoms with van der Waals surface area (Å²) in [6.07, 6.45) is 6.91. The fourth-order valence-electron chi connectivity index (χ4n) is 2.78. The highest BCUT2D eigenvalue weighted by Gasteiger charge is 2.17. The zero-order chi connectivity index (χ0) is 21.0. The van der Waals surface area contributed by atoms with Crippen molar-refractivity contribution < 1.29 is 14.4 Å². The summed E-state index contributed by atoms with van der Waals surface area (Å²) in [6, 6.07) is 7.08. The molecule has 0 amide bonds. The molecule has 0 fully saturated rings. The molecule has 1 aromatic carbocycles. The third-order valence-electron chi connectivity index (χ3n) is 4.06. The molecule has 0 saturated heterocycles. The average molecular weight is 395 g/mol. The second-order valence-electron chi connectivity index (χ2n) is 7.62. The van der Waals surface area contributed by atoms with Crippen LogP contribution in [0.15, 0.2) is 48.1 Å². The summed E-state index contributed by atoms with van der Waals surface area (Å²) in [7, 11) is 1.87. The van der Waals surface area contributed by atoms with Gasteiger partial charge >= 0.3 is 5.97 Å². The molecule has 152 valence electrons. The van der Waals surface area contributed by atoms with Crippen LogP contribution in [0.25, 0.3) is 5.82 Å². The van der Waals surface area contributed by atoms with Gasteiger partial charge in [-0.25, -0.2) is 9.78 Å². The Labute approximate surface area is 169 Å². The van der Waals surface area contributed by atoms with E-state index >= 15 is 0 Å². The summed E-state index contributed by atoms with van der Waals surface area (Å²) >= 11 is 0. The van der Waals surface area contributed by atoms with E-state index in [0.29, 0.717) is 5.56 Å². The molecule has 0 aliphatic carbocycles. The number of rotatable bonds is 6. The Hall–Kier alpha value is -3.42. The second kappa shape index (κ2) is 8.30. The van der Waals surface area contributed by atoms with Crippen LogP contribution in [0.2, 0.25) is 0 Å². The van der Waals surface area contributed by atoms with E-state index in [1.807, 2.05) is 57.6 Å². The number of imidazole rings is 1. The van der Waals surface area contributed by atoms with E-state index < -0.39 is 5.60 Å². The Morgan fingerprint density at radius 2 is 1.97 bits per heavy atom. The van der Waals surface area contributed by atoms with Crippen LogP contribution in [0, 0.1) is 6.92 Å². The van der Waals surface area contributed by atoms with Crippen molar-refractivity contribution in [3.05, 3.63) is 65.4 Å². The smallest absolute Gasteiger partial charge is 0.338 e. The fraction of sp³-hybridized carbons (Fsp3) is 0.333. The van der Waals surface area contributed by atoms with Crippen molar-refractivity contribution in [1.82, 2.24) is 19.3 Å². The molecule has 3 aromatic rings. The maximum absolute atomic E-state index is 12.1. The summed E-state index contributed by atoms with van der Waals surface area (Å²) in [5.41, 5.74) is 2.57. The first-order chi connectivity index (χ1) is 13.7. The van der Waals surface area contributed by atoms with Gasteiger partial charge in [-0.1, -0.05) is 17.3 Å². The van der Waals surface area contributed by atoms with Gasteiger partial charge in [0.25, 0.3) is 0 Å². The van der Waals surface area contributed by atoms with E-state index in [9.17, 15) is 4.79 Å². The van der Waals surface area contributed by atoms with E-state index in [1.165, 1.54) is 0 Å². The standard InChI is InChI=1S/C21H25N5O3/c1-15-18(19(25(5)24-15)26-11-10-22-14-26)12-23-28-13-16-6-8-17(9-7-16)20(27)29-21(2,3)4/h6-12,14H,13H2,1-5H3/b23-12+. The van der Waals surface area contributed by atoms with Crippen LogP contribution in [0.1, 0.15) is 48.0 Å². The van der Waals surface area contributed by atoms with Gasteiger partial charge in [-0.15, -0.1) is 0 Å². The molecule has 29 heavy (non-hydrogen) atoms. The number of ether oxygens (including phenoxy) is 1. The van der Waals surface area contributed by atoms with Crippen LogP contribution in [0.3, 0.4) is 0 Å². The number of benzene rings is 1. The van der Waals surface area contributed by atoms with Gasteiger partial charge < -0.3 is 9.57 Å². The van der Waals surface area contributed by atoms with Crippen LogP contribution in [0.4, 0.5) is 0 Å². The van der Waals surface area contributed by atoms with Crippen molar-refractivity contribution in [1.29, 1.82) is 0 Å². The average Bonchev–Trinajstić information content (AvgIpc) is 3.25. The van der Waals surface area contributed by atoms with Crippen LogP contribution in [0.5, 0.6) is 0 Å². The van der Waals surface area contributed by atoms with Gasteiger partial charge in [-0.3, -0.25) is 9.25 Å². The Bertz CT molecular complexity index is 996. The van der Waals surface area contributed by atoms with Crippen molar-refractivity contribution in [2.45, 2.75) is 39.9 Å². The SMILES string of the molecule is Cc1nn(C)c(-n2ccnc2)c1/C=N/OCc1ccc(C(=O)OC(C)(C)C)cc1. The second-order valence-corrected chi connectivity index (χ2v) is 7.62. The highest BCUT2D eigenvalue weighted by molar-refractivity contribution is 5.89. The molecule has 3 rings (SSSR count). The largest absolute Gasteiger partial charge is 0.456 e. The first-order valence-corrected chi connectivity index (χ1v) is 9.24. The molecule has 0 radical (unpaired) electrons. The summed E-state index contributed by atoms with van der Waals surface area (Å²) in [5.74, 6) is 0.510. The molecule has 0 bridgehead atoms. The molecule has 0 aliphatic heterocycles. The molecular formula is C21H25N5O3. The molecule has 2 heterocycles. The number of hydrogen-bond acceptors (Lipinski definition) is 6. The lowest BCUT2D eigenvalue weighted by Gasteiger charge is -2.19. The van der Waals surface area contributed by atoms with Gasteiger partial charge in [0, 0.05) is 19.4 Å². The molecule has 8 nitrogen and oxygen atoms in total. The quantitative estimate of drug-likeness (QED) is 0.363. The van der Waals surface area contributed by atoms with Crippen LogP contribution in [-0.2, 0) is 23.2 Å². The number of hydrogen-bond donors (Lipinski definition) is 0. The van der Waals surface area contributed by atoms with Crippen LogP contribution in [-0.4, -0.2) is 37.1 Å². The van der Waals surface area contributed by atoms with E-state index in [1.54, 1.807) is 35.6 Å². The van der Waals surface area contributed by atoms with Crippen LogP contribution >= 0.6 is 0 Å². The van der Waals surface area contributed by atoms with Gasteiger partial charge in [-0.05, 0) is 45.4 Å². The molecule has 8 heteroatoms. The normalized spacial score (nSPS) is 11.8. The third-order valence-corrected chi connectivity index (χ3v) is 4.06. The van der Waals surface area contributed by atoms with Crippen molar-refractivity contribution >= 4 is 12.2 Å². The molecule has 0 atom stereocenters. The lowest BCUT2D eigenvalue weighted by molar-refractivity contribution is 0.00694. The Kier molecular flexibility index (Phi) is 5.81. The van der Waals surface area contributed by atoms with Crippen molar-refractivity contribution in [3.8, 4) is 5.82 Å². The number of esters is 1. The monoisotopic (exact) mass is 395 g/mol. The number of nitrogens with zero attached hydrogens (tertiary/aromatic N) is 5. The van der Waals surface area contributed by atoms with Gasteiger partial charge in [-0.2, -0.15) is 5.10 Å². The minimum absolute atomic E-state index is 0.283. The summed E-state index contributed by atoms with van der Waals surface area (Å²) in [4.78, 5) is 21.6. The lowest BCUT2D eigenvalue weighted by Crippen LogP contribution is -2.23. The maximum Gasteiger partial charge on any atom is 0.338 e. The van der Waals surface area contributed by atoms with Crippen molar-refractivity contribution in [2.24, 2.45) is 12.2 Å². The lowest BCUT2D eigenvalue weighted by atomic mass is 10.1. The highest BCUT2D eigenvalue weighted by Crippen LogP contribution is 2.16. The Morgan fingerprint density at radius 1 is 1.24 bits per heavy atom. The predicted octanol–water partition coefficient (Wildman–Crippen LogP) is 3.42. The van der Waals surface area contributed by atoms with E-state index in [2.05, 4.69) is 15.2 Å². The topological polar surface area (TPSA) is 83.5 Å². The maximum atomic E-state index is 12.1. The van der Waals surface area contributed by atoms with E-state index in [0.717, 1.165) is 22.6 Å². The Balaban J connectivity index is 1.62. The van der Waals surface area contributed by atoms with Crippen molar-refractivity contribution in [2.75, 3.05) is 0 Å². The van der Waals surface area contributed by atoms with Gasteiger partial charge in [0.1, 0.15) is 24.4 Å². The number of oxime groups is 1. The molecule has 2 aromatic heterocycles. The molecule has 0 spiro atoms. The van der Waals surface area contributed by atoms with Crippen LogP contribution < -0.4 is 0 Å². The first kappa shape index (κ1) is 20.3. The molecule has 0 aliphatic rings. The molecular weight excluding hydrogens is 370 g/mol. The zero-order valence-electron chi connectivity index (χ0n) is 17.3. The zero-order valence-corrected chi connectivity index (χ0v) is 17.3. The first-order valence-electron chi connectivity index (χ1n) is 9.24. The van der Waals surface area contributed by atoms with Crippen molar-refractivity contribution in [3.63, 3.8) is 0 Å². The third kappa shape index (κ3) is 5.10. The minimum atomic E-state index is -0.520. The highest BCUT2D eigenvalue weighted by atomic mass is 16.6. The van der Waals surface area contributed by atoms with Gasteiger partial charge in [0.2, 0.25) is 0 Å². The minimum Gasteiger partial charge on any atom is -0.456 e. The summed E-state index contributed by atoms with van der Waals surface area (Å²) in [5, 5.41) is 8.52. The number of aromatic nitrogens is 4. The van der Waals surface area contributed by atoms with E-state index in [4.69, 9.17) is 9.57 Å². The molecule has 0 unspecified atom stereocenters. The number of carbonyl (C=O) groups is 1. The number of aryl methyl sites for hydroxylation is 2.